The van der Waals surface area contributed by atoms with E-state index < -0.39 is 10.0 Å². The zero-order valence-corrected chi connectivity index (χ0v) is 14.5. The second-order valence-electron chi connectivity index (χ2n) is 5.87. The zero-order valence-electron chi connectivity index (χ0n) is 12.9. The van der Waals surface area contributed by atoms with Crippen molar-refractivity contribution < 1.29 is 8.42 Å². The number of aromatic amines is 1. The van der Waals surface area contributed by atoms with Gasteiger partial charge in [0.1, 0.15) is 4.90 Å². The summed E-state index contributed by atoms with van der Waals surface area (Å²) in [7, 11) is -3.50. The average Bonchev–Trinajstić information content (AvgIpc) is 2.89. The summed E-state index contributed by atoms with van der Waals surface area (Å²) in [6.07, 6.45) is 4.06. The lowest BCUT2D eigenvalue weighted by Gasteiger charge is -2.40. The molecule has 1 saturated heterocycles. The molecule has 120 valence electrons. The van der Waals surface area contributed by atoms with Crippen LogP contribution < -0.4 is 0 Å². The molecule has 0 saturated carbocycles. The van der Waals surface area contributed by atoms with E-state index in [1.165, 1.54) is 0 Å². The quantitative estimate of drug-likeness (QED) is 0.842. The number of rotatable bonds is 5. The second-order valence-corrected chi connectivity index (χ2v) is 8.01. The number of H-pyrrole nitrogens is 1. The lowest BCUT2D eigenvalue weighted by Crippen LogP contribution is -2.43. The molecule has 2 heterocycles. The Morgan fingerprint density at radius 3 is 2.33 bits per heavy atom. The van der Waals surface area contributed by atoms with Crippen LogP contribution in [0, 0.1) is 12.3 Å². The van der Waals surface area contributed by atoms with Gasteiger partial charge in [-0.2, -0.15) is 9.40 Å². The van der Waals surface area contributed by atoms with E-state index in [0.29, 0.717) is 29.9 Å². The first-order valence-electron chi connectivity index (χ1n) is 7.50. The summed E-state index contributed by atoms with van der Waals surface area (Å²) in [6, 6.07) is 0. The average molecular weight is 334 g/mol. The summed E-state index contributed by atoms with van der Waals surface area (Å²) >= 11 is 5.82. The van der Waals surface area contributed by atoms with E-state index in [2.05, 4.69) is 24.0 Å². The summed E-state index contributed by atoms with van der Waals surface area (Å²) in [5.41, 5.74) is 1.28. The van der Waals surface area contributed by atoms with E-state index in [-0.39, 0.29) is 10.8 Å². The number of nitrogens with one attached hydrogen (secondary N) is 1. The Bertz CT molecular complexity index is 583. The SMILES string of the molecule is CCC1(CC)CCN(S(=O)(=O)c2c(CCl)n[nH]c2C)CC1. The van der Waals surface area contributed by atoms with Gasteiger partial charge in [-0.25, -0.2) is 8.42 Å². The highest BCUT2D eigenvalue weighted by molar-refractivity contribution is 7.89. The maximum absolute atomic E-state index is 12.8. The molecule has 0 unspecified atom stereocenters. The molecule has 1 fully saturated rings. The molecule has 0 spiro atoms. The fourth-order valence-corrected chi connectivity index (χ4v) is 5.23. The van der Waals surface area contributed by atoms with Crippen molar-refractivity contribution in [2.45, 2.75) is 57.2 Å². The van der Waals surface area contributed by atoms with Crippen molar-refractivity contribution in [3.05, 3.63) is 11.4 Å². The standard InChI is InChI=1S/C14H24ClN3O2S/c1-4-14(5-2)6-8-18(9-7-14)21(19,20)13-11(3)16-17-12(13)10-15/h4-10H2,1-3H3,(H,16,17). The van der Waals surface area contributed by atoms with Crippen molar-refractivity contribution in [3.8, 4) is 0 Å². The molecular weight excluding hydrogens is 310 g/mol. The zero-order chi connectivity index (χ0) is 15.7. The van der Waals surface area contributed by atoms with Crippen LogP contribution in [0.4, 0.5) is 0 Å². The molecule has 2 rings (SSSR count). The van der Waals surface area contributed by atoms with Crippen molar-refractivity contribution in [3.63, 3.8) is 0 Å². The third-order valence-electron chi connectivity index (χ3n) is 4.97. The van der Waals surface area contributed by atoms with Gasteiger partial charge in [0.05, 0.1) is 17.3 Å². The molecule has 1 aliphatic rings. The summed E-state index contributed by atoms with van der Waals surface area (Å²) in [5.74, 6) is 0.0978. The van der Waals surface area contributed by atoms with Crippen LogP contribution in [0.3, 0.4) is 0 Å². The van der Waals surface area contributed by atoms with Crippen molar-refractivity contribution in [1.29, 1.82) is 0 Å². The maximum Gasteiger partial charge on any atom is 0.246 e. The van der Waals surface area contributed by atoms with Gasteiger partial charge in [0.25, 0.3) is 0 Å². The topological polar surface area (TPSA) is 66.1 Å². The van der Waals surface area contributed by atoms with E-state index >= 15 is 0 Å². The molecule has 1 N–H and O–H groups in total. The van der Waals surface area contributed by atoms with E-state index in [4.69, 9.17) is 11.6 Å². The third kappa shape index (κ3) is 2.98. The van der Waals surface area contributed by atoms with Gasteiger partial charge in [-0.15, -0.1) is 11.6 Å². The normalized spacial score (nSPS) is 19.8. The van der Waals surface area contributed by atoms with E-state index in [0.717, 1.165) is 25.7 Å². The van der Waals surface area contributed by atoms with Gasteiger partial charge >= 0.3 is 0 Å². The number of alkyl halides is 1. The lowest BCUT2D eigenvalue weighted by molar-refractivity contribution is 0.141. The van der Waals surface area contributed by atoms with Crippen LogP contribution in [0.1, 0.15) is 50.9 Å². The van der Waals surface area contributed by atoms with E-state index in [1.54, 1.807) is 11.2 Å². The molecular formula is C14H24ClN3O2S. The fourth-order valence-electron chi connectivity index (χ4n) is 3.19. The molecule has 0 atom stereocenters. The van der Waals surface area contributed by atoms with E-state index in [9.17, 15) is 8.42 Å². The van der Waals surface area contributed by atoms with Gasteiger partial charge in [-0.1, -0.05) is 26.7 Å². The molecule has 0 bridgehead atoms. The molecule has 0 radical (unpaired) electrons. The summed E-state index contributed by atoms with van der Waals surface area (Å²) in [4.78, 5) is 0.262. The number of aryl methyl sites for hydroxylation is 1. The van der Waals surface area contributed by atoms with Crippen LogP contribution in [-0.4, -0.2) is 36.0 Å². The number of sulfonamides is 1. The summed E-state index contributed by atoms with van der Waals surface area (Å²) < 4.78 is 27.3. The molecule has 0 aliphatic carbocycles. The smallest absolute Gasteiger partial charge is 0.246 e. The minimum atomic E-state index is -3.50. The Morgan fingerprint density at radius 2 is 1.86 bits per heavy atom. The van der Waals surface area contributed by atoms with Crippen LogP contribution in [0.2, 0.25) is 0 Å². The molecule has 1 aromatic heterocycles. The highest BCUT2D eigenvalue weighted by Crippen LogP contribution is 2.39. The maximum atomic E-state index is 12.8. The van der Waals surface area contributed by atoms with Gasteiger partial charge in [-0.05, 0) is 25.2 Å². The van der Waals surface area contributed by atoms with Gasteiger partial charge in [0.2, 0.25) is 10.0 Å². The first-order valence-corrected chi connectivity index (χ1v) is 9.47. The summed E-state index contributed by atoms with van der Waals surface area (Å²) in [5, 5.41) is 6.73. The molecule has 21 heavy (non-hydrogen) atoms. The number of aromatic nitrogens is 2. The fraction of sp³-hybridized carbons (Fsp3) is 0.786. The Kier molecular flexibility index (Phi) is 5.00. The van der Waals surface area contributed by atoms with Crippen LogP contribution in [0.15, 0.2) is 4.90 Å². The Hall–Kier alpha value is -0.590. The number of nitrogens with zero attached hydrogens (tertiary/aromatic N) is 2. The predicted octanol–water partition coefficient (Wildman–Crippen LogP) is 3.05. The number of hydrogen-bond donors (Lipinski definition) is 1. The molecule has 5 nitrogen and oxygen atoms in total. The highest BCUT2D eigenvalue weighted by atomic mass is 35.5. The minimum Gasteiger partial charge on any atom is -0.281 e. The first kappa shape index (κ1) is 16.8. The Morgan fingerprint density at radius 1 is 1.29 bits per heavy atom. The largest absolute Gasteiger partial charge is 0.281 e. The molecule has 1 aliphatic heterocycles. The highest BCUT2D eigenvalue weighted by Gasteiger charge is 2.38. The van der Waals surface area contributed by atoms with Gasteiger partial charge in [0.15, 0.2) is 0 Å². The predicted molar refractivity (Wildman–Crippen MR) is 83.9 cm³/mol. The third-order valence-corrected chi connectivity index (χ3v) is 7.32. The number of piperidine rings is 1. The Balaban J connectivity index is 2.25. The van der Waals surface area contributed by atoms with E-state index in [1.807, 2.05) is 0 Å². The van der Waals surface area contributed by atoms with Gasteiger partial charge < -0.3 is 0 Å². The number of halogens is 1. The van der Waals surface area contributed by atoms with Crippen molar-refractivity contribution in [2.75, 3.05) is 13.1 Å². The molecule has 0 amide bonds. The summed E-state index contributed by atoms with van der Waals surface area (Å²) in [6.45, 7) is 7.27. The minimum absolute atomic E-state index is 0.0978. The first-order chi connectivity index (χ1) is 9.90. The number of hydrogen-bond acceptors (Lipinski definition) is 3. The monoisotopic (exact) mass is 333 g/mol. The van der Waals surface area contributed by atoms with Crippen LogP contribution >= 0.6 is 11.6 Å². The van der Waals surface area contributed by atoms with Crippen molar-refractivity contribution in [1.82, 2.24) is 14.5 Å². The van der Waals surface area contributed by atoms with Crippen LogP contribution in [0.25, 0.3) is 0 Å². The van der Waals surface area contributed by atoms with Crippen molar-refractivity contribution >= 4 is 21.6 Å². The lowest BCUT2D eigenvalue weighted by atomic mass is 9.75. The van der Waals surface area contributed by atoms with Crippen LogP contribution in [0.5, 0.6) is 0 Å². The van der Waals surface area contributed by atoms with Gasteiger partial charge in [0, 0.05) is 13.1 Å². The Labute approximate surface area is 132 Å². The van der Waals surface area contributed by atoms with Crippen molar-refractivity contribution in [2.24, 2.45) is 5.41 Å². The molecule has 1 aromatic rings. The van der Waals surface area contributed by atoms with Gasteiger partial charge in [-0.3, -0.25) is 5.10 Å². The second kappa shape index (κ2) is 6.26. The molecule has 7 heteroatoms. The molecule has 0 aromatic carbocycles. The van der Waals surface area contributed by atoms with Crippen LogP contribution in [-0.2, 0) is 15.9 Å².